The number of carbonyl (C=O) groups excluding carboxylic acids is 2. The summed E-state index contributed by atoms with van der Waals surface area (Å²) >= 11 is 0. The largest absolute Gasteiger partial charge is 0.338 e. The summed E-state index contributed by atoms with van der Waals surface area (Å²) in [4.78, 5) is 37.3. The highest BCUT2D eigenvalue weighted by molar-refractivity contribution is 5.96. The Balaban J connectivity index is 1.25. The smallest absolute Gasteiger partial charge is 0.259 e. The molecule has 5 rings (SSSR count). The Morgan fingerprint density at radius 2 is 1.38 bits per heavy atom. The first-order valence-electron chi connectivity index (χ1n) is 13.7. The second-order valence-electron chi connectivity index (χ2n) is 10.7. The third-order valence-corrected chi connectivity index (χ3v) is 8.30. The number of aromatic nitrogens is 1. The summed E-state index contributed by atoms with van der Waals surface area (Å²) in [5, 5.41) is 0. The number of rotatable bonds is 4. The zero-order valence-corrected chi connectivity index (χ0v) is 21.6. The van der Waals surface area contributed by atoms with Gasteiger partial charge in [-0.05, 0) is 82.8 Å². The van der Waals surface area contributed by atoms with Crippen molar-refractivity contribution in [1.82, 2.24) is 19.7 Å². The predicted molar refractivity (Wildman–Crippen MR) is 138 cm³/mol. The maximum absolute atomic E-state index is 14.1. The van der Waals surface area contributed by atoms with E-state index in [9.17, 15) is 18.4 Å². The van der Waals surface area contributed by atoms with Crippen molar-refractivity contribution in [3.63, 3.8) is 0 Å². The molecular weight excluding hydrogens is 474 g/mol. The van der Waals surface area contributed by atoms with Crippen molar-refractivity contribution >= 4 is 11.8 Å². The molecule has 3 aliphatic rings. The first-order valence-corrected chi connectivity index (χ1v) is 13.7. The molecule has 37 heavy (non-hydrogen) atoms. The monoisotopic (exact) mass is 510 g/mol. The lowest BCUT2D eigenvalue weighted by molar-refractivity contribution is 0.0584. The number of hydrogen-bond donors (Lipinski definition) is 0. The summed E-state index contributed by atoms with van der Waals surface area (Å²) in [6.45, 7) is 6.51. The summed E-state index contributed by atoms with van der Waals surface area (Å²) in [5.41, 5.74) is 1.78. The Morgan fingerprint density at radius 3 is 2.03 bits per heavy atom. The van der Waals surface area contributed by atoms with Gasteiger partial charge in [0.15, 0.2) is 0 Å². The third-order valence-electron chi connectivity index (χ3n) is 8.30. The maximum Gasteiger partial charge on any atom is 0.259 e. The Bertz CT molecular complexity index is 1110. The Labute approximate surface area is 217 Å². The highest BCUT2D eigenvalue weighted by Crippen LogP contribution is 2.32. The van der Waals surface area contributed by atoms with Crippen molar-refractivity contribution in [2.75, 3.05) is 39.3 Å². The molecule has 198 valence electrons. The molecule has 8 heteroatoms. The van der Waals surface area contributed by atoms with Gasteiger partial charge in [-0.15, -0.1) is 0 Å². The lowest BCUT2D eigenvalue weighted by atomic mass is 9.89. The standard InChI is InChI=1S/C29H36F2N4O2/c1-20-8-9-23(28(36)34-18-12-22(13-19-34)33-14-3-2-4-15-33)27(32-20)21-10-16-35(17-11-21)29(37)26-24(30)6-5-7-25(26)31/h5-9,21-22H,2-4,10-19H2,1H3. The second-order valence-corrected chi connectivity index (χ2v) is 10.7. The topological polar surface area (TPSA) is 56.8 Å². The van der Waals surface area contributed by atoms with E-state index in [4.69, 9.17) is 4.98 Å². The average Bonchev–Trinajstić information content (AvgIpc) is 2.93. The molecule has 3 aliphatic heterocycles. The molecule has 3 saturated heterocycles. The SMILES string of the molecule is Cc1ccc(C(=O)N2CCC(N3CCCCC3)CC2)c(C2CCN(C(=O)c3c(F)cccc3F)CC2)n1. The molecule has 0 radical (unpaired) electrons. The number of aryl methyl sites for hydroxylation is 1. The van der Waals surface area contributed by atoms with Gasteiger partial charge in [-0.25, -0.2) is 8.78 Å². The van der Waals surface area contributed by atoms with E-state index < -0.39 is 23.1 Å². The maximum atomic E-state index is 14.1. The Morgan fingerprint density at radius 1 is 0.784 bits per heavy atom. The van der Waals surface area contributed by atoms with Crippen LogP contribution in [-0.2, 0) is 0 Å². The molecule has 0 unspecified atom stereocenters. The number of piperidine rings is 3. The summed E-state index contributed by atoms with van der Waals surface area (Å²) < 4.78 is 28.3. The molecule has 2 amide bonds. The molecule has 1 aromatic heterocycles. The zero-order chi connectivity index (χ0) is 25.9. The van der Waals surface area contributed by atoms with Crippen LogP contribution in [0.25, 0.3) is 0 Å². The minimum Gasteiger partial charge on any atom is -0.338 e. The molecule has 1 aromatic carbocycles. The first kappa shape index (κ1) is 25.8. The van der Waals surface area contributed by atoms with E-state index in [1.54, 1.807) is 0 Å². The molecule has 4 heterocycles. The van der Waals surface area contributed by atoms with E-state index >= 15 is 0 Å². The van der Waals surface area contributed by atoms with E-state index in [1.165, 1.54) is 43.3 Å². The second kappa shape index (κ2) is 11.3. The third kappa shape index (κ3) is 5.54. The van der Waals surface area contributed by atoms with Gasteiger partial charge >= 0.3 is 0 Å². The van der Waals surface area contributed by atoms with Gasteiger partial charge < -0.3 is 14.7 Å². The number of likely N-dealkylation sites (tertiary alicyclic amines) is 3. The van der Waals surface area contributed by atoms with Crippen LogP contribution < -0.4 is 0 Å². The van der Waals surface area contributed by atoms with Crippen molar-refractivity contribution in [2.24, 2.45) is 0 Å². The molecule has 6 nitrogen and oxygen atoms in total. The first-order chi connectivity index (χ1) is 17.9. The van der Waals surface area contributed by atoms with Gasteiger partial charge in [0.2, 0.25) is 0 Å². The van der Waals surface area contributed by atoms with E-state index in [2.05, 4.69) is 4.90 Å². The van der Waals surface area contributed by atoms with Crippen LogP contribution in [-0.4, -0.2) is 76.8 Å². The van der Waals surface area contributed by atoms with Gasteiger partial charge in [-0.1, -0.05) is 12.5 Å². The fourth-order valence-corrected chi connectivity index (χ4v) is 6.17. The minimum absolute atomic E-state index is 0.0132. The van der Waals surface area contributed by atoms with Crippen LogP contribution in [0.3, 0.4) is 0 Å². The number of carbonyl (C=O) groups is 2. The van der Waals surface area contributed by atoms with Crippen LogP contribution in [0.15, 0.2) is 30.3 Å². The molecule has 0 spiro atoms. The number of benzene rings is 1. The number of pyridine rings is 1. The van der Waals surface area contributed by atoms with Crippen molar-refractivity contribution < 1.29 is 18.4 Å². The fourth-order valence-electron chi connectivity index (χ4n) is 6.17. The highest BCUT2D eigenvalue weighted by atomic mass is 19.1. The van der Waals surface area contributed by atoms with Crippen molar-refractivity contribution in [2.45, 2.75) is 63.8 Å². The van der Waals surface area contributed by atoms with E-state index in [1.807, 2.05) is 24.0 Å². The normalized spacial score (nSPS) is 20.3. The Kier molecular flexibility index (Phi) is 7.84. The van der Waals surface area contributed by atoms with E-state index in [0.717, 1.165) is 49.5 Å². The zero-order valence-electron chi connectivity index (χ0n) is 21.6. The summed E-state index contributed by atoms with van der Waals surface area (Å²) in [7, 11) is 0. The summed E-state index contributed by atoms with van der Waals surface area (Å²) in [6, 6.07) is 7.81. The van der Waals surface area contributed by atoms with Crippen LogP contribution in [0.1, 0.15) is 83.0 Å². The molecule has 0 N–H and O–H groups in total. The number of nitrogens with zero attached hydrogens (tertiary/aromatic N) is 4. The molecule has 3 fully saturated rings. The summed E-state index contributed by atoms with van der Waals surface area (Å²) in [6.07, 6.45) is 7.07. The number of amides is 2. The van der Waals surface area contributed by atoms with Gasteiger partial charge in [-0.3, -0.25) is 14.6 Å². The van der Waals surface area contributed by atoms with Crippen LogP contribution in [0, 0.1) is 18.6 Å². The van der Waals surface area contributed by atoms with Crippen LogP contribution >= 0.6 is 0 Å². The molecule has 0 bridgehead atoms. The molecular formula is C29H36F2N4O2. The van der Waals surface area contributed by atoms with Crippen LogP contribution in [0.5, 0.6) is 0 Å². The average molecular weight is 511 g/mol. The quantitative estimate of drug-likeness (QED) is 0.594. The number of halogens is 2. The predicted octanol–water partition coefficient (Wildman–Crippen LogP) is 4.78. The van der Waals surface area contributed by atoms with Gasteiger partial charge in [-0.2, -0.15) is 0 Å². The lowest BCUT2D eigenvalue weighted by Crippen LogP contribution is -2.48. The van der Waals surface area contributed by atoms with E-state index in [-0.39, 0.29) is 11.8 Å². The van der Waals surface area contributed by atoms with Crippen molar-refractivity contribution in [3.05, 3.63) is 64.5 Å². The van der Waals surface area contributed by atoms with Gasteiger partial charge in [0.1, 0.15) is 17.2 Å². The molecule has 0 aliphatic carbocycles. The van der Waals surface area contributed by atoms with Crippen LogP contribution in [0.2, 0.25) is 0 Å². The molecule has 0 saturated carbocycles. The van der Waals surface area contributed by atoms with Crippen molar-refractivity contribution in [3.8, 4) is 0 Å². The highest BCUT2D eigenvalue weighted by Gasteiger charge is 2.33. The van der Waals surface area contributed by atoms with Crippen molar-refractivity contribution in [1.29, 1.82) is 0 Å². The fraction of sp³-hybridized carbons (Fsp3) is 0.552. The van der Waals surface area contributed by atoms with Crippen LogP contribution in [0.4, 0.5) is 8.78 Å². The number of hydrogen-bond acceptors (Lipinski definition) is 4. The van der Waals surface area contributed by atoms with Gasteiger partial charge in [0, 0.05) is 43.8 Å². The van der Waals surface area contributed by atoms with Gasteiger partial charge in [0.25, 0.3) is 11.8 Å². The minimum atomic E-state index is -0.843. The van der Waals surface area contributed by atoms with Gasteiger partial charge in [0.05, 0.1) is 11.3 Å². The molecule has 0 atom stereocenters. The summed E-state index contributed by atoms with van der Waals surface area (Å²) in [5.74, 6) is -2.27. The Hall–Kier alpha value is -2.87. The lowest BCUT2D eigenvalue weighted by Gasteiger charge is -2.40. The van der Waals surface area contributed by atoms with E-state index in [0.29, 0.717) is 37.5 Å². The molecule has 2 aromatic rings.